The van der Waals surface area contributed by atoms with E-state index in [4.69, 9.17) is 4.74 Å². The van der Waals surface area contributed by atoms with E-state index in [1.165, 1.54) is 10.9 Å². The first-order valence-electron chi connectivity index (χ1n) is 9.63. The minimum absolute atomic E-state index is 0.0893. The van der Waals surface area contributed by atoms with Gasteiger partial charge in [0.15, 0.2) is 5.96 Å². The van der Waals surface area contributed by atoms with E-state index in [1.54, 1.807) is 30.5 Å². The Kier molecular flexibility index (Phi) is 7.56. The van der Waals surface area contributed by atoms with Crippen molar-refractivity contribution in [3.05, 3.63) is 62.3 Å². The van der Waals surface area contributed by atoms with Crippen molar-refractivity contribution >= 4 is 23.0 Å². The predicted molar refractivity (Wildman–Crippen MR) is 115 cm³/mol. The number of benzene rings is 1. The first kappa shape index (κ1) is 21.2. The van der Waals surface area contributed by atoms with Crippen LogP contribution in [-0.4, -0.2) is 55.2 Å². The maximum absolute atomic E-state index is 10.9. The highest BCUT2D eigenvalue weighted by Crippen LogP contribution is 2.26. The summed E-state index contributed by atoms with van der Waals surface area (Å²) in [5, 5.41) is 19.7. The molecule has 8 nitrogen and oxygen atoms in total. The van der Waals surface area contributed by atoms with Crippen LogP contribution in [0.4, 0.5) is 5.69 Å². The lowest BCUT2D eigenvalue weighted by atomic mass is 10.1. The maximum atomic E-state index is 10.9. The van der Waals surface area contributed by atoms with Gasteiger partial charge in [-0.25, -0.2) is 0 Å². The van der Waals surface area contributed by atoms with E-state index in [-0.39, 0.29) is 22.8 Å². The Morgan fingerprint density at radius 2 is 2.28 bits per heavy atom. The van der Waals surface area contributed by atoms with Gasteiger partial charge in [0.1, 0.15) is 0 Å². The van der Waals surface area contributed by atoms with Crippen molar-refractivity contribution < 1.29 is 9.66 Å². The lowest BCUT2D eigenvalue weighted by molar-refractivity contribution is -0.384. The average molecular weight is 418 g/mol. The number of hydrogen-bond acceptors (Lipinski definition) is 6. The molecule has 2 heterocycles. The number of nitro groups is 1. The highest BCUT2D eigenvalue weighted by atomic mass is 32.1. The monoisotopic (exact) mass is 417 g/mol. The number of aliphatic imine (C=N–C) groups is 1. The third-order valence-corrected chi connectivity index (χ3v) is 5.83. The molecule has 2 N–H and O–H groups in total. The molecular weight excluding hydrogens is 390 g/mol. The summed E-state index contributed by atoms with van der Waals surface area (Å²) in [6.45, 7) is 5.80. The zero-order valence-corrected chi connectivity index (χ0v) is 17.5. The van der Waals surface area contributed by atoms with Crippen molar-refractivity contribution in [3.8, 4) is 0 Å². The van der Waals surface area contributed by atoms with Gasteiger partial charge >= 0.3 is 0 Å². The van der Waals surface area contributed by atoms with Gasteiger partial charge in [-0.2, -0.15) is 0 Å². The van der Waals surface area contributed by atoms with Gasteiger partial charge in [-0.05, 0) is 23.9 Å². The SMILES string of the molecule is CN=C(NCc1cccc([N+](=O)[O-])c1)NCC(c1cccs1)N1CCOC(C)C1. The molecule has 2 aromatic rings. The molecule has 0 aliphatic carbocycles. The molecule has 1 aromatic carbocycles. The quantitative estimate of drug-likeness (QED) is 0.312. The number of rotatable bonds is 7. The van der Waals surface area contributed by atoms with Gasteiger partial charge in [0.05, 0.1) is 23.7 Å². The Balaban J connectivity index is 1.60. The number of thiophene rings is 1. The summed E-state index contributed by atoms with van der Waals surface area (Å²) in [5.41, 5.74) is 0.922. The fourth-order valence-electron chi connectivity index (χ4n) is 3.40. The average Bonchev–Trinajstić information content (AvgIpc) is 3.25. The van der Waals surface area contributed by atoms with E-state index in [9.17, 15) is 10.1 Å². The number of guanidine groups is 1. The second kappa shape index (κ2) is 10.3. The van der Waals surface area contributed by atoms with Crippen LogP contribution in [0.1, 0.15) is 23.4 Å². The number of non-ortho nitro benzene ring substituents is 1. The molecule has 1 saturated heterocycles. The standard InChI is InChI=1S/C20H27N5O3S/c1-15-14-24(8-9-28-15)18(19-7-4-10-29-19)13-23-20(21-2)22-12-16-5-3-6-17(11-16)25(26)27/h3-7,10-11,15,18H,8-9,12-14H2,1-2H3,(H2,21,22,23). The predicted octanol–water partition coefficient (Wildman–Crippen LogP) is 2.78. The summed E-state index contributed by atoms with van der Waals surface area (Å²) in [6.07, 6.45) is 0.220. The Morgan fingerprint density at radius 3 is 2.97 bits per heavy atom. The van der Waals surface area contributed by atoms with Gasteiger partial charge in [0.25, 0.3) is 5.69 Å². The van der Waals surface area contributed by atoms with Crippen molar-refractivity contribution in [2.75, 3.05) is 33.3 Å². The number of nitro benzene ring substituents is 1. The fourth-order valence-corrected chi connectivity index (χ4v) is 4.26. The number of hydrogen-bond donors (Lipinski definition) is 2. The summed E-state index contributed by atoms with van der Waals surface area (Å²) >= 11 is 1.75. The third kappa shape index (κ3) is 5.99. The number of ether oxygens (including phenoxy) is 1. The molecule has 156 valence electrons. The normalized spacial score (nSPS) is 19.0. The fraction of sp³-hybridized carbons (Fsp3) is 0.450. The van der Waals surface area contributed by atoms with Crippen LogP contribution < -0.4 is 10.6 Å². The minimum Gasteiger partial charge on any atom is -0.376 e. The molecule has 0 bridgehead atoms. The molecule has 1 aromatic heterocycles. The zero-order chi connectivity index (χ0) is 20.6. The first-order valence-corrected chi connectivity index (χ1v) is 10.5. The molecule has 0 saturated carbocycles. The number of nitrogens with one attached hydrogen (secondary N) is 2. The van der Waals surface area contributed by atoms with Gasteiger partial charge in [-0.15, -0.1) is 11.3 Å². The van der Waals surface area contributed by atoms with E-state index < -0.39 is 0 Å². The first-order chi connectivity index (χ1) is 14.1. The second-order valence-electron chi connectivity index (χ2n) is 6.94. The molecule has 1 aliphatic rings. The van der Waals surface area contributed by atoms with Crippen molar-refractivity contribution in [1.29, 1.82) is 0 Å². The van der Waals surface area contributed by atoms with Gasteiger partial charge in [-0.1, -0.05) is 18.2 Å². The highest BCUT2D eigenvalue weighted by Gasteiger charge is 2.26. The van der Waals surface area contributed by atoms with Crippen LogP contribution in [0.5, 0.6) is 0 Å². The van der Waals surface area contributed by atoms with E-state index in [0.717, 1.165) is 25.3 Å². The van der Waals surface area contributed by atoms with Crippen LogP contribution in [0, 0.1) is 10.1 Å². The van der Waals surface area contributed by atoms with Crippen LogP contribution in [0.15, 0.2) is 46.8 Å². The topological polar surface area (TPSA) is 92.0 Å². The smallest absolute Gasteiger partial charge is 0.269 e. The van der Waals surface area contributed by atoms with E-state index in [0.29, 0.717) is 19.0 Å². The van der Waals surface area contributed by atoms with Crippen molar-refractivity contribution in [1.82, 2.24) is 15.5 Å². The summed E-state index contributed by atoms with van der Waals surface area (Å²) in [7, 11) is 1.72. The maximum Gasteiger partial charge on any atom is 0.269 e. The van der Waals surface area contributed by atoms with E-state index in [2.05, 4.69) is 45.0 Å². The van der Waals surface area contributed by atoms with Gasteiger partial charge in [0, 0.05) is 50.2 Å². The Morgan fingerprint density at radius 1 is 1.41 bits per heavy atom. The molecule has 2 atom stereocenters. The minimum atomic E-state index is -0.383. The summed E-state index contributed by atoms with van der Waals surface area (Å²) in [5.74, 6) is 0.666. The molecule has 1 fully saturated rings. The molecule has 0 radical (unpaired) electrons. The lowest BCUT2D eigenvalue weighted by Crippen LogP contribution is -2.47. The molecule has 0 spiro atoms. The summed E-state index contributed by atoms with van der Waals surface area (Å²) < 4.78 is 5.69. The molecule has 29 heavy (non-hydrogen) atoms. The van der Waals surface area contributed by atoms with E-state index in [1.807, 2.05) is 6.07 Å². The Bertz CT molecular complexity index is 827. The molecule has 3 rings (SSSR count). The number of nitrogens with zero attached hydrogens (tertiary/aromatic N) is 3. The molecule has 1 aliphatic heterocycles. The Labute approximate surface area is 174 Å². The van der Waals surface area contributed by atoms with Crippen LogP contribution in [0.2, 0.25) is 0 Å². The van der Waals surface area contributed by atoms with E-state index >= 15 is 0 Å². The molecule has 9 heteroatoms. The zero-order valence-electron chi connectivity index (χ0n) is 16.7. The largest absolute Gasteiger partial charge is 0.376 e. The van der Waals surface area contributed by atoms with Crippen molar-refractivity contribution in [3.63, 3.8) is 0 Å². The van der Waals surface area contributed by atoms with Crippen molar-refractivity contribution in [2.45, 2.75) is 25.6 Å². The summed E-state index contributed by atoms with van der Waals surface area (Å²) in [4.78, 5) is 18.6. The van der Waals surface area contributed by atoms with Crippen molar-refractivity contribution in [2.24, 2.45) is 4.99 Å². The third-order valence-electron chi connectivity index (χ3n) is 4.85. The Hall–Kier alpha value is -2.49. The van der Waals surface area contributed by atoms with Gasteiger partial charge in [0.2, 0.25) is 0 Å². The number of morpholine rings is 1. The van der Waals surface area contributed by atoms with Crippen LogP contribution in [-0.2, 0) is 11.3 Å². The molecular formula is C20H27N5O3S. The van der Waals surface area contributed by atoms with Crippen LogP contribution >= 0.6 is 11.3 Å². The lowest BCUT2D eigenvalue weighted by Gasteiger charge is -2.37. The second-order valence-corrected chi connectivity index (χ2v) is 7.92. The van der Waals surface area contributed by atoms with Crippen LogP contribution in [0.25, 0.3) is 0 Å². The van der Waals surface area contributed by atoms with Gasteiger partial charge < -0.3 is 15.4 Å². The molecule has 2 unspecified atom stereocenters. The van der Waals surface area contributed by atoms with Crippen LogP contribution in [0.3, 0.4) is 0 Å². The van der Waals surface area contributed by atoms with Gasteiger partial charge in [-0.3, -0.25) is 20.0 Å². The highest BCUT2D eigenvalue weighted by molar-refractivity contribution is 7.10. The summed E-state index contributed by atoms with van der Waals surface area (Å²) in [6, 6.07) is 11.1. The molecule has 0 amide bonds.